The fraction of sp³-hybridized carbons (Fsp3) is 0.458. The summed E-state index contributed by atoms with van der Waals surface area (Å²) in [4.78, 5) is 9.57. The fourth-order valence-electron chi connectivity index (χ4n) is 4.85. The molecule has 168 valence electrons. The molecule has 2 aromatic heterocycles. The van der Waals surface area contributed by atoms with E-state index in [1.54, 1.807) is 13.3 Å². The third-order valence-corrected chi connectivity index (χ3v) is 6.44. The van der Waals surface area contributed by atoms with Gasteiger partial charge in [0.1, 0.15) is 11.5 Å². The Kier molecular flexibility index (Phi) is 5.20. The van der Waals surface area contributed by atoms with Crippen LogP contribution in [0.15, 0.2) is 27.8 Å². The average Bonchev–Trinajstić information content (AvgIpc) is 3.46. The molecule has 8 heteroatoms. The molecule has 1 unspecified atom stereocenters. The lowest BCUT2D eigenvalue weighted by atomic mass is 9.81. The van der Waals surface area contributed by atoms with E-state index < -0.39 is 6.61 Å². The highest BCUT2D eigenvalue weighted by Crippen LogP contribution is 2.50. The molecular formula is C24H25F2N3O3. The number of benzene rings is 1. The van der Waals surface area contributed by atoms with Crippen molar-refractivity contribution in [3.63, 3.8) is 0 Å². The number of fused-ring (bicyclic) bond motifs is 3. The number of methoxy groups -OCH3 is 1. The van der Waals surface area contributed by atoms with Crippen molar-refractivity contribution >= 4 is 22.3 Å². The van der Waals surface area contributed by atoms with Gasteiger partial charge in [0.05, 0.1) is 42.4 Å². The number of alkyl halides is 2. The molecule has 0 bridgehead atoms. The van der Waals surface area contributed by atoms with Gasteiger partial charge in [-0.3, -0.25) is 9.98 Å². The molecule has 32 heavy (non-hydrogen) atoms. The van der Waals surface area contributed by atoms with E-state index in [1.165, 1.54) is 0 Å². The minimum absolute atomic E-state index is 0.0361. The first-order valence-corrected chi connectivity index (χ1v) is 10.8. The summed E-state index contributed by atoms with van der Waals surface area (Å²) in [5.41, 5.74) is 6.20. The maximum absolute atomic E-state index is 12.8. The topological polar surface area (TPSA) is 69.7 Å². The van der Waals surface area contributed by atoms with Gasteiger partial charge in [0.2, 0.25) is 0 Å². The number of hydrogen-bond acceptors (Lipinski definition) is 6. The standard InChI is InChI=1S/C24H25F2N3O3/c1-11(10-31-24(25)26)20-22-15-8-19(30-4)16(21-12(2)29-32-13(21)3)7-17(15)27-9-18(22)28-23(20)14-5-6-14/h7-9,11,14,20,24H,5-6,10H2,1-4H3/t11-,20?/m0/s1. The molecule has 2 atom stereocenters. The van der Waals surface area contributed by atoms with Crippen LogP contribution < -0.4 is 4.74 Å². The molecule has 0 amide bonds. The normalized spacial score (nSPS) is 18.8. The molecule has 5 rings (SSSR count). The summed E-state index contributed by atoms with van der Waals surface area (Å²) >= 11 is 0. The highest BCUT2D eigenvalue weighted by atomic mass is 19.3. The first-order chi connectivity index (χ1) is 15.4. The van der Waals surface area contributed by atoms with E-state index in [4.69, 9.17) is 14.3 Å². The molecule has 3 heterocycles. The van der Waals surface area contributed by atoms with Gasteiger partial charge < -0.3 is 14.0 Å². The Hall–Kier alpha value is -2.87. The van der Waals surface area contributed by atoms with E-state index in [0.717, 1.165) is 57.5 Å². The first kappa shape index (κ1) is 21.0. The van der Waals surface area contributed by atoms with Gasteiger partial charge in [0, 0.05) is 22.6 Å². The minimum Gasteiger partial charge on any atom is -0.496 e. The van der Waals surface area contributed by atoms with Gasteiger partial charge in [-0.1, -0.05) is 12.1 Å². The summed E-state index contributed by atoms with van der Waals surface area (Å²) in [5.74, 6) is 1.55. The molecule has 0 spiro atoms. The fourth-order valence-corrected chi connectivity index (χ4v) is 4.85. The predicted molar refractivity (Wildman–Crippen MR) is 117 cm³/mol. The highest BCUT2D eigenvalue weighted by molar-refractivity contribution is 6.06. The molecule has 6 nitrogen and oxygen atoms in total. The maximum atomic E-state index is 12.8. The van der Waals surface area contributed by atoms with E-state index in [1.807, 2.05) is 32.9 Å². The molecule has 1 saturated carbocycles. The van der Waals surface area contributed by atoms with Crippen molar-refractivity contribution in [3.8, 4) is 16.9 Å². The average molecular weight is 441 g/mol. The third-order valence-electron chi connectivity index (χ3n) is 6.44. The number of aryl methyl sites for hydroxylation is 2. The van der Waals surface area contributed by atoms with Crippen molar-refractivity contribution < 1.29 is 22.8 Å². The van der Waals surface area contributed by atoms with Crippen LogP contribution in [0, 0.1) is 25.7 Å². The molecule has 0 N–H and O–H groups in total. The van der Waals surface area contributed by atoms with Crippen molar-refractivity contribution in [2.75, 3.05) is 13.7 Å². The molecular weight excluding hydrogens is 416 g/mol. The highest BCUT2D eigenvalue weighted by Gasteiger charge is 2.41. The number of rotatable bonds is 7. The minimum atomic E-state index is -2.79. The number of pyridine rings is 1. The van der Waals surface area contributed by atoms with E-state index >= 15 is 0 Å². The number of aliphatic imine (C=N–C) groups is 1. The Morgan fingerprint density at radius 1 is 1.22 bits per heavy atom. The Balaban J connectivity index is 1.66. The van der Waals surface area contributed by atoms with Crippen LogP contribution in [-0.2, 0) is 4.74 Å². The van der Waals surface area contributed by atoms with Crippen LogP contribution in [-0.4, -0.2) is 36.2 Å². The number of aromatic nitrogens is 2. The molecule has 1 aliphatic carbocycles. The van der Waals surface area contributed by atoms with Crippen LogP contribution in [0.25, 0.3) is 22.0 Å². The van der Waals surface area contributed by atoms with Crippen LogP contribution in [0.2, 0.25) is 0 Å². The molecule has 1 fully saturated rings. The second-order valence-electron chi connectivity index (χ2n) is 8.69. The van der Waals surface area contributed by atoms with Crippen LogP contribution in [0.5, 0.6) is 5.75 Å². The summed E-state index contributed by atoms with van der Waals surface area (Å²) in [7, 11) is 1.63. The van der Waals surface area contributed by atoms with E-state index in [2.05, 4.69) is 14.9 Å². The van der Waals surface area contributed by atoms with Crippen molar-refractivity contribution in [1.29, 1.82) is 0 Å². The molecule has 0 radical (unpaired) electrons. The number of halogens is 2. The quantitative estimate of drug-likeness (QED) is 0.452. The van der Waals surface area contributed by atoms with Crippen LogP contribution >= 0.6 is 0 Å². The third kappa shape index (κ3) is 3.46. The Morgan fingerprint density at radius 2 is 2.00 bits per heavy atom. The molecule has 1 aliphatic heterocycles. The van der Waals surface area contributed by atoms with Gasteiger partial charge in [-0.25, -0.2) is 0 Å². The zero-order valence-corrected chi connectivity index (χ0v) is 18.5. The van der Waals surface area contributed by atoms with Gasteiger partial charge in [-0.15, -0.1) is 0 Å². The SMILES string of the molecule is COc1cc2c3c(cnc2cc1-c1c(C)noc1C)N=C(C1CC1)C3[C@@H](C)COC(F)F. The lowest BCUT2D eigenvalue weighted by Gasteiger charge is -2.23. The van der Waals surface area contributed by atoms with Crippen molar-refractivity contribution in [1.82, 2.24) is 10.1 Å². The molecule has 1 aromatic carbocycles. The summed E-state index contributed by atoms with van der Waals surface area (Å²) in [6, 6.07) is 3.95. The second-order valence-corrected chi connectivity index (χ2v) is 8.69. The van der Waals surface area contributed by atoms with Gasteiger partial charge in [0.15, 0.2) is 0 Å². The number of ether oxygens (including phenoxy) is 2. The zero-order chi connectivity index (χ0) is 22.6. The first-order valence-electron chi connectivity index (χ1n) is 10.8. The Labute approximate surface area is 184 Å². The summed E-state index contributed by atoms with van der Waals surface area (Å²) in [6.45, 7) is 2.88. The van der Waals surface area contributed by atoms with Gasteiger partial charge >= 0.3 is 6.61 Å². The molecule has 2 aliphatic rings. The lowest BCUT2D eigenvalue weighted by molar-refractivity contribution is -0.137. The van der Waals surface area contributed by atoms with Crippen LogP contribution in [0.3, 0.4) is 0 Å². The van der Waals surface area contributed by atoms with E-state index in [-0.39, 0.29) is 18.4 Å². The van der Waals surface area contributed by atoms with E-state index in [0.29, 0.717) is 17.4 Å². The largest absolute Gasteiger partial charge is 0.496 e. The number of hydrogen-bond donors (Lipinski definition) is 0. The second kappa shape index (κ2) is 7.92. The van der Waals surface area contributed by atoms with Gasteiger partial charge in [0.25, 0.3) is 0 Å². The van der Waals surface area contributed by atoms with Crippen molar-refractivity contribution in [2.24, 2.45) is 16.8 Å². The van der Waals surface area contributed by atoms with Crippen molar-refractivity contribution in [2.45, 2.75) is 46.1 Å². The van der Waals surface area contributed by atoms with Crippen LogP contribution in [0.4, 0.5) is 14.5 Å². The van der Waals surface area contributed by atoms with Crippen molar-refractivity contribution in [3.05, 3.63) is 35.3 Å². The van der Waals surface area contributed by atoms with Crippen LogP contribution in [0.1, 0.15) is 42.7 Å². The predicted octanol–water partition coefficient (Wildman–Crippen LogP) is 5.97. The number of nitrogens with zero attached hydrogens (tertiary/aromatic N) is 3. The summed E-state index contributed by atoms with van der Waals surface area (Å²) in [6.07, 6.45) is 3.94. The van der Waals surface area contributed by atoms with E-state index in [9.17, 15) is 8.78 Å². The molecule has 0 saturated heterocycles. The lowest BCUT2D eigenvalue weighted by Crippen LogP contribution is -2.23. The maximum Gasteiger partial charge on any atom is 0.345 e. The summed E-state index contributed by atoms with van der Waals surface area (Å²) in [5, 5.41) is 4.99. The Morgan fingerprint density at radius 3 is 2.62 bits per heavy atom. The Bertz CT molecular complexity index is 1200. The van der Waals surface area contributed by atoms with Gasteiger partial charge in [-0.2, -0.15) is 8.78 Å². The molecule has 3 aromatic rings. The monoisotopic (exact) mass is 441 g/mol. The smallest absolute Gasteiger partial charge is 0.345 e. The zero-order valence-electron chi connectivity index (χ0n) is 18.5. The summed E-state index contributed by atoms with van der Waals surface area (Å²) < 4.78 is 41.3. The van der Waals surface area contributed by atoms with Gasteiger partial charge in [-0.05, 0) is 56.2 Å².